The fourth-order valence-electron chi connectivity index (χ4n) is 2.09. The maximum atomic E-state index is 11.7. The SMILES string of the molecule is CNC(=O)NC(=O)CN(C)C(C)c1ccc(-n2cncn2)cc1. The van der Waals surface area contributed by atoms with Gasteiger partial charge in [-0.25, -0.2) is 14.5 Å². The third-order valence-corrected chi connectivity index (χ3v) is 3.59. The van der Waals surface area contributed by atoms with Crippen molar-refractivity contribution < 1.29 is 9.59 Å². The van der Waals surface area contributed by atoms with Gasteiger partial charge in [-0.2, -0.15) is 5.10 Å². The Morgan fingerprint density at radius 3 is 2.57 bits per heavy atom. The summed E-state index contributed by atoms with van der Waals surface area (Å²) in [6.45, 7) is 2.12. The van der Waals surface area contributed by atoms with Crippen LogP contribution in [0.3, 0.4) is 0 Å². The molecule has 3 amide bonds. The van der Waals surface area contributed by atoms with Crippen molar-refractivity contribution in [3.05, 3.63) is 42.5 Å². The van der Waals surface area contributed by atoms with Gasteiger partial charge in [-0.15, -0.1) is 0 Å². The second kappa shape index (κ2) is 7.50. The highest BCUT2D eigenvalue weighted by molar-refractivity contribution is 5.95. The minimum atomic E-state index is -0.506. The van der Waals surface area contributed by atoms with E-state index in [1.807, 2.05) is 43.1 Å². The number of hydrogen-bond donors (Lipinski definition) is 2. The zero-order valence-corrected chi connectivity index (χ0v) is 13.4. The van der Waals surface area contributed by atoms with Gasteiger partial charge < -0.3 is 5.32 Å². The van der Waals surface area contributed by atoms with Gasteiger partial charge in [0.15, 0.2) is 0 Å². The molecule has 0 saturated heterocycles. The fourth-order valence-corrected chi connectivity index (χ4v) is 2.09. The number of likely N-dealkylation sites (N-methyl/N-ethyl adjacent to an activating group) is 1. The van der Waals surface area contributed by atoms with Gasteiger partial charge in [-0.05, 0) is 31.7 Å². The molecule has 122 valence electrons. The van der Waals surface area contributed by atoms with Crippen molar-refractivity contribution >= 4 is 11.9 Å². The molecule has 2 rings (SSSR count). The van der Waals surface area contributed by atoms with E-state index in [2.05, 4.69) is 20.7 Å². The van der Waals surface area contributed by atoms with Gasteiger partial charge in [0.25, 0.3) is 0 Å². The predicted molar refractivity (Wildman–Crippen MR) is 85.0 cm³/mol. The van der Waals surface area contributed by atoms with Crippen LogP contribution < -0.4 is 10.6 Å². The quantitative estimate of drug-likeness (QED) is 0.848. The summed E-state index contributed by atoms with van der Waals surface area (Å²) in [5.74, 6) is -0.349. The number of urea groups is 1. The Labute approximate surface area is 134 Å². The van der Waals surface area contributed by atoms with E-state index in [0.717, 1.165) is 11.3 Å². The van der Waals surface area contributed by atoms with Crippen LogP contribution >= 0.6 is 0 Å². The molecule has 1 aromatic carbocycles. The standard InChI is InChI=1S/C15H20N6O2/c1-11(20(3)8-14(22)19-15(23)16-2)12-4-6-13(7-5-12)21-10-17-9-18-21/h4-7,9-11H,8H2,1-3H3,(H2,16,19,22,23). The van der Waals surface area contributed by atoms with Crippen molar-refractivity contribution in [3.8, 4) is 5.69 Å². The van der Waals surface area contributed by atoms with Crippen molar-refractivity contribution in [2.24, 2.45) is 0 Å². The highest BCUT2D eigenvalue weighted by Gasteiger charge is 2.16. The van der Waals surface area contributed by atoms with Gasteiger partial charge in [0.2, 0.25) is 5.91 Å². The van der Waals surface area contributed by atoms with Crippen molar-refractivity contribution in [2.75, 3.05) is 20.6 Å². The molecular formula is C15H20N6O2. The zero-order chi connectivity index (χ0) is 16.8. The first-order valence-corrected chi connectivity index (χ1v) is 7.18. The van der Waals surface area contributed by atoms with Gasteiger partial charge >= 0.3 is 6.03 Å². The molecule has 0 radical (unpaired) electrons. The number of nitrogens with one attached hydrogen (secondary N) is 2. The van der Waals surface area contributed by atoms with Crippen LogP contribution in [0, 0.1) is 0 Å². The van der Waals surface area contributed by atoms with Crippen LogP contribution in [0.4, 0.5) is 4.79 Å². The van der Waals surface area contributed by atoms with Crippen molar-refractivity contribution in [3.63, 3.8) is 0 Å². The number of nitrogens with zero attached hydrogens (tertiary/aromatic N) is 4. The molecule has 1 heterocycles. The number of carbonyl (C=O) groups excluding carboxylic acids is 2. The van der Waals surface area contributed by atoms with E-state index >= 15 is 0 Å². The number of rotatable bonds is 5. The van der Waals surface area contributed by atoms with Gasteiger partial charge in [-0.1, -0.05) is 12.1 Å². The Kier molecular flexibility index (Phi) is 5.42. The second-order valence-electron chi connectivity index (χ2n) is 5.15. The highest BCUT2D eigenvalue weighted by Crippen LogP contribution is 2.19. The van der Waals surface area contributed by atoms with E-state index in [1.54, 1.807) is 11.0 Å². The smallest absolute Gasteiger partial charge is 0.321 e. The largest absolute Gasteiger partial charge is 0.341 e. The van der Waals surface area contributed by atoms with Crippen LogP contribution in [0.1, 0.15) is 18.5 Å². The fraction of sp³-hybridized carbons (Fsp3) is 0.333. The van der Waals surface area contributed by atoms with Crippen molar-refractivity contribution in [1.82, 2.24) is 30.3 Å². The summed E-state index contributed by atoms with van der Waals surface area (Å²) in [5, 5.41) is 8.67. The normalized spacial score (nSPS) is 12.0. The first-order chi connectivity index (χ1) is 11.0. The Morgan fingerprint density at radius 2 is 2.00 bits per heavy atom. The molecule has 1 aromatic heterocycles. The summed E-state index contributed by atoms with van der Waals surface area (Å²) < 4.78 is 1.68. The minimum absolute atomic E-state index is 0.0234. The minimum Gasteiger partial charge on any atom is -0.341 e. The summed E-state index contributed by atoms with van der Waals surface area (Å²) in [6, 6.07) is 7.37. The monoisotopic (exact) mass is 316 g/mol. The van der Waals surface area contributed by atoms with Crippen LogP contribution in [0.25, 0.3) is 5.69 Å². The second-order valence-corrected chi connectivity index (χ2v) is 5.15. The summed E-state index contributed by atoms with van der Waals surface area (Å²) in [4.78, 5) is 28.6. The molecule has 2 N–H and O–H groups in total. The van der Waals surface area contributed by atoms with Gasteiger partial charge in [0, 0.05) is 13.1 Å². The van der Waals surface area contributed by atoms with E-state index in [4.69, 9.17) is 0 Å². The van der Waals surface area contributed by atoms with Gasteiger partial charge in [-0.3, -0.25) is 15.0 Å². The average molecular weight is 316 g/mol. The lowest BCUT2D eigenvalue weighted by Gasteiger charge is -2.24. The Morgan fingerprint density at radius 1 is 1.30 bits per heavy atom. The Hall–Kier alpha value is -2.74. The van der Waals surface area contributed by atoms with Gasteiger partial charge in [0.05, 0.1) is 12.2 Å². The Balaban J connectivity index is 1.97. The lowest BCUT2D eigenvalue weighted by Crippen LogP contribution is -2.43. The maximum absolute atomic E-state index is 11.7. The third kappa shape index (κ3) is 4.36. The van der Waals surface area contributed by atoms with E-state index in [-0.39, 0.29) is 18.5 Å². The van der Waals surface area contributed by atoms with E-state index < -0.39 is 6.03 Å². The lowest BCUT2D eigenvalue weighted by molar-refractivity contribution is -0.121. The number of carbonyl (C=O) groups is 2. The molecule has 0 fully saturated rings. The maximum Gasteiger partial charge on any atom is 0.321 e. The highest BCUT2D eigenvalue weighted by atomic mass is 16.2. The van der Waals surface area contributed by atoms with Crippen LogP contribution in [0.5, 0.6) is 0 Å². The molecule has 0 saturated carbocycles. The zero-order valence-electron chi connectivity index (χ0n) is 13.4. The van der Waals surface area contributed by atoms with Crippen LogP contribution in [-0.2, 0) is 4.79 Å². The summed E-state index contributed by atoms with van der Waals surface area (Å²) in [5.41, 5.74) is 1.97. The molecule has 1 atom stereocenters. The molecule has 0 bridgehead atoms. The van der Waals surface area contributed by atoms with Crippen molar-refractivity contribution in [2.45, 2.75) is 13.0 Å². The molecule has 0 aliphatic rings. The molecule has 0 aliphatic heterocycles. The molecule has 8 nitrogen and oxygen atoms in total. The first-order valence-electron chi connectivity index (χ1n) is 7.18. The molecule has 2 aromatic rings. The average Bonchev–Trinajstić information content (AvgIpc) is 3.08. The molecular weight excluding hydrogens is 296 g/mol. The predicted octanol–water partition coefficient (Wildman–Crippen LogP) is 0.716. The summed E-state index contributed by atoms with van der Waals surface area (Å²) in [7, 11) is 3.30. The first kappa shape index (κ1) is 16.6. The number of hydrogen-bond acceptors (Lipinski definition) is 5. The van der Waals surface area contributed by atoms with Crippen molar-refractivity contribution in [1.29, 1.82) is 0 Å². The number of aromatic nitrogens is 3. The van der Waals surface area contributed by atoms with Gasteiger partial charge in [0.1, 0.15) is 12.7 Å². The summed E-state index contributed by atoms with van der Waals surface area (Å²) >= 11 is 0. The lowest BCUT2D eigenvalue weighted by atomic mass is 10.1. The number of benzene rings is 1. The van der Waals surface area contributed by atoms with Crippen LogP contribution in [-0.4, -0.2) is 52.2 Å². The Bertz CT molecular complexity index is 653. The number of imide groups is 1. The van der Waals surface area contributed by atoms with E-state index in [9.17, 15) is 9.59 Å². The third-order valence-electron chi connectivity index (χ3n) is 3.59. The number of amides is 3. The van der Waals surface area contributed by atoms with Crippen LogP contribution in [0.15, 0.2) is 36.9 Å². The topological polar surface area (TPSA) is 92.2 Å². The molecule has 0 spiro atoms. The molecule has 1 unspecified atom stereocenters. The van der Waals surface area contributed by atoms with Crippen LogP contribution in [0.2, 0.25) is 0 Å². The van der Waals surface area contributed by atoms with E-state index in [1.165, 1.54) is 13.4 Å². The molecule has 23 heavy (non-hydrogen) atoms. The molecule has 8 heteroatoms. The van der Waals surface area contributed by atoms with E-state index in [0.29, 0.717) is 0 Å². The molecule has 0 aliphatic carbocycles. The summed E-state index contributed by atoms with van der Waals surface area (Å²) in [6.07, 6.45) is 3.11.